The molecule has 0 radical (unpaired) electrons. The largest absolute Gasteiger partial charge is 0.469 e. The van der Waals surface area contributed by atoms with Gasteiger partial charge in [-0.3, -0.25) is 14.3 Å². The minimum atomic E-state index is -1.09. The summed E-state index contributed by atoms with van der Waals surface area (Å²) in [6.07, 6.45) is 0. The first-order valence-corrected chi connectivity index (χ1v) is 11.4. The molecule has 0 fully saturated rings. The van der Waals surface area contributed by atoms with Crippen molar-refractivity contribution in [3.8, 4) is 0 Å². The molecule has 186 valence electrons. The van der Waals surface area contributed by atoms with Crippen molar-refractivity contribution in [3.63, 3.8) is 0 Å². The number of aromatic amines is 1. The summed E-state index contributed by atoms with van der Waals surface area (Å²) in [5.74, 6) is -0.528. The van der Waals surface area contributed by atoms with E-state index in [2.05, 4.69) is 14.9 Å². The Morgan fingerprint density at radius 1 is 1.03 bits per heavy atom. The molecule has 0 aliphatic carbocycles. The van der Waals surface area contributed by atoms with Gasteiger partial charge in [-0.05, 0) is 63.3 Å². The zero-order valence-corrected chi connectivity index (χ0v) is 21.3. The van der Waals surface area contributed by atoms with Crippen molar-refractivity contribution in [2.75, 3.05) is 21.2 Å². The fourth-order valence-electron chi connectivity index (χ4n) is 3.60. The van der Waals surface area contributed by atoms with E-state index >= 15 is 0 Å². The van der Waals surface area contributed by atoms with Gasteiger partial charge in [0.2, 0.25) is 5.62 Å². The molecule has 0 saturated heterocycles. The quantitative estimate of drug-likeness (QED) is 0.480. The van der Waals surface area contributed by atoms with Crippen molar-refractivity contribution in [2.45, 2.75) is 33.5 Å². The lowest BCUT2D eigenvalue weighted by Crippen LogP contribution is -2.52. The second-order valence-electron chi connectivity index (χ2n) is 9.23. The number of methoxy groups -OCH3 is 1. The zero-order valence-electron chi connectivity index (χ0n) is 20.5. The second kappa shape index (κ2) is 10.9. The molecule has 0 bridgehead atoms. The van der Waals surface area contributed by atoms with Gasteiger partial charge < -0.3 is 9.64 Å². The summed E-state index contributed by atoms with van der Waals surface area (Å²) >= 11 is 6.01. The maximum absolute atomic E-state index is 13.5. The predicted octanol–water partition coefficient (Wildman–Crippen LogP) is 2.53. The Morgan fingerprint density at radius 2 is 1.63 bits per heavy atom. The Balaban J connectivity index is 2.14. The van der Waals surface area contributed by atoms with Crippen LogP contribution in [0.4, 0.5) is 5.69 Å². The van der Waals surface area contributed by atoms with Gasteiger partial charge in [-0.15, -0.1) is 0 Å². The number of H-pyrrole nitrogens is 1. The number of ether oxygens (including phenoxy) is 1. The van der Waals surface area contributed by atoms with Crippen LogP contribution in [0.25, 0.3) is 0 Å². The summed E-state index contributed by atoms with van der Waals surface area (Å²) in [4.78, 5) is 47.9. The van der Waals surface area contributed by atoms with Crippen LogP contribution in [0.3, 0.4) is 0 Å². The molecule has 0 amide bonds. The van der Waals surface area contributed by atoms with Crippen LogP contribution >= 0.6 is 11.6 Å². The van der Waals surface area contributed by atoms with Gasteiger partial charge in [0, 0.05) is 18.1 Å². The number of carbonyl (C=O) groups excluding carboxylic acids is 1. The summed E-state index contributed by atoms with van der Waals surface area (Å²) in [5, 5.41) is 0.570. The van der Waals surface area contributed by atoms with Crippen LogP contribution in [0.5, 0.6) is 0 Å². The summed E-state index contributed by atoms with van der Waals surface area (Å²) in [5.41, 5.74) is 0.232. The number of hydrogen-bond acceptors (Lipinski definition) is 6. The Kier molecular flexibility index (Phi) is 8.14. The van der Waals surface area contributed by atoms with Crippen LogP contribution in [-0.4, -0.2) is 46.2 Å². The van der Waals surface area contributed by atoms with Crippen molar-refractivity contribution in [2.24, 2.45) is 10.4 Å². The van der Waals surface area contributed by atoms with Crippen LogP contribution in [0.2, 0.25) is 5.02 Å². The van der Waals surface area contributed by atoms with Crippen LogP contribution < -0.4 is 17.0 Å². The van der Waals surface area contributed by atoms with Gasteiger partial charge >= 0.3 is 17.3 Å². The number of benzene rings is 2. The van der Waals surface area contributed by atoms with Gasteiger partial charge in [0.05, 0.1) is 24.8 Å². The third-order valence-electron chi connectivity index (χ3n) is 5.40. The molecule has 1 N–H and O–H groups in total. The van der Waals surface area contributed by atoms with Crippen molar-refractivity contribution < 1.29 is 9.53 Å². The van der Waals surface area contributed by atoms with E-state index in [0.717, 1.165) is 22.2 Å². The zero-order chi connectivity index (χ0) is 25.8. The highest BCUT2D eigenvalue weighted by Gasteiger charge is 2.31. The summed E-state index contributed by atoms with van der Waals surface area (Å²) in [6, 6.07) is 14.6. The van der Waals surface area contributed by atoms with Crippen molar-refractivity contribution in [1.82, 2.24) is 19.0 Å². The molecular weight excluding hydrogens is 470 g/mol. The number of carbonyl (C=O) groups is 1. The molecule has 35 heavy (non-hydrogen) atoms. The van der Waals surface area contributed by atoms with E-state index in [1.54, 1.807) is 38.1 Å². The molecule has 0 aliphatic heterocycles. The molecular formula is C25H30ClN5O4. The molecule has 10 heteroatoms. The van der Waals surface area contributed by atoms with E-state index in [4.69, 9.17) is 16.3 Å². The van der Waals surface area contributed by atoms with Crippen LogP contribution in [0, 0.1) is 5.41 Å². The average Bonchev–Trinajstić information content (AvgIpc) is 2.80. The normalized spacial score (nSPS) is 12.3. The monoisotopic (exact) mass is 499 g/mol. The maximum Gasteiger partial charge on any atom is 0.335 e. The third-order valence-corrected chi connectivity index (χ3v) is 5.65. The summed E-state index contributed by atoms with van der Waals surface area (Å²) in [7, 11) is 5.24. The van der Waals surface area contributed by atoms with Crippen molar-refractivity contribution >= 4 is 23.3 Å². The lowest BCUT2D eigenvalue weighted by Gasteiger charge is -2.22. The van der Waals surface area contributed by atoms with Crippen LogP contribution in [0.1, 0.15) is 25.0 Å². The van der Waals surface area contributed by atoms with Gasteiger partial charge in [-0.2, -0.15) is 0 Å². The number of esters is 1. The molecule has 3 rings (SSSR count). The fraction of sp³-hybridized carbons (Fsp3) is 0.360. The first kappa shape index (κ1) is 26.2. The van der Waals surface area contributed by atoms with Crippen molar-refractivity contribution in [3.05, 3.63) is 91.3 Å². The maximum atomic E-state index is 13.5. The van der Waals surface area contributed by atoms with E-state index in [-0.39, 0.29) is 18.7 Å². The van der Waals surface area contributed by atoms with E-state index in [0.29, 0.717) is 10.7 Å². The van der Waals surface area contributed by atoms with Gasteiger partial charge in [0.1, 0.15) is 0 Å². The van der Waals surface area contributed by atoms with Gasteiger partial charge in [0.15, 0.2) is 0 Å². The van der Waals surface area contributed by atoms with Crippen LogP contribution in [0.15, 0.2) is 63.1 Å². The van der Waals surface area contributed by atoms with Gasteiger partial charge in [0.25, 0.3) is 0 Å². The lowest BCUT2D eigenvalue weighted by atomic mass is 9.94. The molecule has 1 heterocycles. The number of halogens is 1. The Labute approximate surface area is 208 Å². The summed E-state index contributed by atoms with van der Waals surface area (Å²) in [6.45, 7) is 3.99. The number of aromatic nitrogens is 3. The molecule has 0 aliphatic rings. The first-order chi connectivity index (χ1) is 16.5. The molecule has 0 atom stereocenters. The van der Waals surface area contributed by atoms with Crippen molar-refractivity contribution in [1.29, 1.82) is 0 Å². The molecule has 0 unspecified atom stereocenters. The highest BCUT2D eigenvalue weighted by molar-refractivity contribution is 6.30. The van der Waals surface area contributed by atoms with E-state index in [9.17, 15) is 14.4 Å². The topological polar surface area (TPSA) is 102 Å². The molecule has 0 saturated carbocycles. The number of nitrogens with zero attached hydrogens (tertiary/aromatic N) is 4. The fourth-order valence-corrected chi connectivity index (χ4v) is 3.72. The highest BCUT2D eigenvalue weighted by atomic mass is 35.5. The smallest absolute Gasteiger partial charge is 0.335 e. The average molecular weight is 500 g/mol. The number of hydrogen-bond donors (Lipinski definition) is 1. The minimum Gasteiger partial charge on any atom is -0.469 e. The molecule has 3 aromatic rings. The van der Waals surface area contributed by atoms with Gasteiger partial charge in [-0.1, -0.05) is 35.9 Å². The first-order valence-electron chi connectivity index (χ1n) is 11.1. The second-order valence-corrected chi connectivity index (χ2v) is 9.66. The predicted molar refractivity (Wildman–Crippen MR) is 135 cm³/mol. The van der Waals surface area contributed by atoms with E-state index in [1.807, 2.05) is 38.4 Å². The number of nitrogens with one attached hydrogen (secondary N) is 1. The molecule has 0 spiro atoms. The summed E-state index contributed by atoms with van der Waals surface area (Å²) < 4.78 is 7.19. The third kappa shape index (κ3) is 6.58. The SMILES string of the molecule is COC(=O)C(C)(C)Cn1c(=O)[nH]/c(=N\c2ccc(CN(C)C)cc2)n(Cc2ccc(Cl)cc2)c1=O. The Bertz CT molecular complexity index is 1370. The lowest BCUT2D eigenvalue weighted by molar-refractivity contribution is -0.151. The van der Waals surface area contributed by atoms with E-state index in [1.165, 1.54) is 11.7 Å². The molecule has 2 aromatic carbocycles. The Morgan fingerprint density at radius 3 is 2.20 bits per heavy atom. The Hall–Kier alpha value is -3.43. The minimum absolute atomic E-state index is 0.0995. The van der Waals surface area contributed by atoms with E-state index < -0.39 is 22.8 Å². The molecule has 9 nitrogen and oxygen atoms in total. The highest BCUT2D eigenvalue weighted by Crippen LogP contribution is 2.18. The standard InChI is InChI=1S/C25H30ClN5O4/c1-25(2,21(32)35-5)16-31-23(33)28-22(27-20-12-8-17(9-13-20)14-29(3)4)30(24(31)34)15-18-6-10-19(26)11-7-18/h6-13H,14-16H2,1-5H3,(H,27,28,33). The molecule has 1 aromatic heterocycles. The number of rotatable bonds is 8. The van der Waals surface area contributed by atoms with Crippen LogP contribution in [-0.2, 0) is 29.2 Å². The van der Waals surface area contributed by atoms with Gasteiger partial charge in [-0.25, -0.2) is 19.1 Å².